The minimum Gasteiger partial charge on any atom is -0.339 e. The average Bonchev–Trinajstić information content (AvgIpc) is 3.11. The zero-order valence-electron chi connectivity index (χ0n) is 17.3. The van der Waals surface area contributed by atoms with Gasteiger partial charge in [0.15, 0.2) is 0 Å². The predicted molar refractivity (Wildman–Crippen MR) is 119 cm³/mol. The highest BCUT2D eigenvalue weighted by atomic mass is 32.2. The first-order chi connectivity index (χ1) is 14.0. The van der Waals surface area contributed by atoms with E-state index in [9.17, 15) is 13.2 Å². The Bertz CT molecular complexity index is 1050. The summed E-state index contributed by atoms with van der Waals surface area (Å²) in [6, 6.07) is 0. The summed E-state index contributed by atoms with van der Waals surface area (Å²) in [7, 11) is -3.19. The normalized spacial score (nSPS) is 18.3. The number of aromatic nitrogens is 2. The Morgan fingerprint density at radius 2 is 1.79 bits per heavy atom. The molecule has 2 aromatic rings. The number of aryl methyl sites for hydroxylation is 2. The molecular weight excluding hydrogens is 408 g/mol. The van der Waals surface area contributed by atoms with Crippen molar-refractivity contribution in [2.45, 2.75) is 58.9 Å². The fourth-order valence-corrected chi connectivity index (χ4v) is 7.25. The lowest BCUT2D eigenvalue weighted by atomic mass is 9.97. The topological polar surface area (TPSA) is 75.5 Å². The van der Waals surface area contributed by atoms with E-state index in [1.807, 2.05) is 13.8 Å². The summed E-state index contributed by atoms with van der Waals surface area (Å²) in [5.41, 5.74) is 1.28. The number of unbranched alkanes of at least 4 members (excludes halogenated alkanes) is 1. The number of sulfonamides is 1. The van der Waals surface area contributed by atoms with E-state index in [1.165, 1.54) is 16.9 Å². The number of rotatable bonds is 6. The lowest BCUT2D eigenvalue weighted by Crippen LogP contribution is -2.50. The van der Waals surface area contributed by atoms with Crippen LogP contribution in [0.25, 0.3) is 10.2 Å². The molecule has 0 saturated carbocycles. The molecule has 1 saturated heterocycles. The van der Waals surface area contributed by atoms with Crippen LogP contribution in [0.5, 0.6) is 0 Å². The van der Waals surface area contributed by atoms with Crippen molar-refractivity contribution in [2.24, 2.45) is 0 Å². The molecule has 0 N–H and O–H groups in total. The Balaban J connectivity index is 1.63. The van der Waals surface area contributed by atoms with E-state index < -0.39 is 10.0 Å². The standard InChI is InChI=1S/C20H30N4O3S2/c1-3-5-14-29(26,27)23-12-10-22(11-13-23)20-21-18-17(19(25)24(20)4-2)15-8-6-7-9-16(15)28-18/h3-14H2,1-2H3. The maximum absolute atomic E-state index is 13.3. The summed E-state index contributed by atoms with van der Waals surface area (Å²) in [4.78, 5) is 22.5. The molecule has 0 spiro atoms. The van der Waals surface area contributed by atoms with Crippen molar-refractivity contribution in [3.63, 3.8) is 0 Å². The minimum absolute atomic E-state index is 0.0601. The summed E-state index contributed by atoms with van der Waals surface area (Å²) in [6.07, 6.45) is 5.91. The highest BCUT2D eigenvalue weighted by Gasteiger charge is 2.29. The van der Waals surface area contributed by atoms with E-state index in [0.717, 1.165) is 35.9 Å². The molecule has 0 unspecified atom stereocenters. The van der Waals surface area contributed by atoms with E-state index >= 15 is 0 Å². The van der Waals surface area contributed by atoms with E-state index in [-0.39, 0.29) is 11.3 Å². The van der Waals surface area contributed by atoms with Crippen molar-refractivity contribution >= 4 is 37.5 Å². The number of hydrogen-bond donors (Lipinski definition) is 0. The number of piperazine rings is 1. The lowest BCUT2D eigenvalue weighted by molar-refractivity contribution is 0.379. The second kappa shape index (κ2) is 8.35. The van der Waals surface area contributed by atoms with Crippen LogP contribution in [0, 0.1) is 0 Å². The van der Waals surface area contributed by atoms with Crippen molar-refractivity contribution in [3.05, 3.63) is 20.8 Å². The van der Waals surface area contributed by atoms with Gasteiger partial charge < -0.3 is 4.90 Å². The van der Waals surface area contributed by atoms with Crippen LogP contribution >= 0.6 is 11.3 Å². The van der Waals surface area contributed by atoms with Crippen LogP contribution < -0.4 is 10.5 Å². The van der Waals surface area contributed by atoms with Gasteiger partial charge in [-0.15, -0.1) is 11.3 Å². The van der Waals surface area contributed by atoms with Gasteiger partial charge in [0.05, 0.1) is 11.1 Å². The van der Waals surface area contributed by atoms with Crippen LogP contribution in [0.1, 0.15) is 50.0 Å². The molecule has 0 radical (unpaired) electrons. The van der Waals surface area contributed by atoms with E-state index in [4.69, 9.17) is 4.98 Å². The SMILES string of the molecule is CCCCS(=O)(=O)N1CCN(c2nc3sc4c(c3c(=O)n2CC)CCCC4)CC1. The first kappa shape index (κ1) is 20.8. The highest BCUT2D eigenvalue weighted by molar-refractivity contribution is 7.89. The summed E-state index contributed by atoms with van der Waals surface area (Å²) >= 11 is 1.67. The molecule has 3 heterocycles. The fraction of sp³-hybridized carbons (Fsp3) is 0.700. The maximum atomic E-state index is 13.3. The summed E-state index contributed by atoms with van der Waals surface area (Å²) in [5, 5.41) is 0.816. The first-order valence-corrected chi connectivity index (χ1v) is 13.2. The Kier molecular flexibility index (Phi) is 5.99. The lowest BCUT2D eigenvalue weighted by Gasteiger charge is -2.35. The average molecular weight is 439 g/mol. The smallest absolute Gasteiger partial charge is 0.263 e. The van der Waals surface area contributed by atoms with E-state index in [1.54, 1.807) is 20.2 Å². The molecular formula is C20H30N4O3S2. The molecule has 29 heavy (non-hydrogen) atoms. The zero-order valence-corrected chi connectivity index (χ0v) is 18.9. The van der Waals surface area contributed by atoms with Gasteiger partial charge in [0.25, 0.3) is 5.56 Å². The molecule has 4 rings (SSSR count). The van der Waals surface area contributed by atoms with Crippen molar-refractivity contribution in [1.82, 2.24) is 13.9 Å². The molecule has 0 bridgehead atoms. The Hall–Kier alpha value is -1.45. The van der Waals surface area contributed by atoms with E-state index in [2.05, 4.69) is 4.90 Å². The van der Waals surface area contributed by atoms with Crippen molar-refractivity contribution in [1.29, 1.82) is 0 Å². The monoisotopic (exact) mass is 438 g/mol. The van der Waals surface area contributed by atoms with Crippen molar-refractivity contribution < 1.29 is 8.42 Å². The zero-order chi connectivity index (χ0) is 20.6. The molecule has 0 amide bonds. The van der Waals surface area contributed by atoms with Gasteiger partial charge in [-0.2, -0.15) is 4.31 Å². The summed E-state index contributed by atoms with van der Waals surface area (Å²) < 4.78 is 28.3. The molecule has 0 aromatic carbocycles. The van der Waals surface area contributed by atoms with Crippen LogP contribution in [0.3, 0.4) is 0 Å². The second-order valence-electron chi connectivity index (χ2n) is 7.91. The summed E-state index contributed by atoms with van der Waals surface area (Å²) in [5.74, 6) is 0.905. The predicted octanol–water partition coefficient (Wildman–Crippen LogP) is 2.61. The van der Waals surface area contributed by atoms with Gasteiger partial charge in [0.1, 0.15) is 4.83 Å². The number of anilines is 1. The maximum Gasteiger partial charge on any atom is 0.263 e. The third kappa shape index (κ3) is 3.84. The van der Waals surface area contributed by atoms with Gasteiger partial charge in [-0.25, -0.2) is 13.4 Å². The van der Waals surface area contributed by atoms with Crippen LogP contribution in [-0.4, -0.2) is 54.2 Å². The van der Waals surface area contributed by atoms with Gasteiger partial charge in [-0.05, 0) is 44.6 Å². The molecule has 1 aliphatic heterocycles. The number of nitrogens with zero attached hydrogens (tertiary/aromatic N) is 4. The fourth-order valence-electron chi connectivity index (χ4n) is 4.38. The van der Waals surface area contributed by atoms with Crippen molar-refractivity contribution in [2.75, 3.05) is 36.8 Å². The summed E-state index contributed by atoms with van der Waals surface area (Å²) in [6.45, 7) is 6.57. The Labute approximate surface area is 176 Å². The molecule has 7 nitrogen and oxygen atoms in total. The molecule has 1 fully saturated rings. The quantitative estimate of drug-likeness (QED) is 0.693. The van der Waals surface area contributed by atoms with Crippen LogP contribution in [0.15, 0.2) is 4.79 Å². The molecule has 2 aromatic heterocycles. The first-order valence-electron chi connectivity index (χ1n) is 10.7. The highest BCUT2D eigenvalue weighted by Crippen LogP contribution is 2.34. The number of thiophene rings is 1. The molecule has 1 aliphatic carbocycles. The minimum atomic E-state index is -3.19. The largest absolute Gasteiger partial charge is 0.339 e. The Morgan fingerprint density at radius 3 is 2.48 bits per heavy atom. The van der Waals surface area contributed by atoms with Gasteiger partial charge >= 0.3 is 0 Å². The number of fused-ring (bicyclic) bond motifs is 3. The van der Waals surface area contributed by atoms with E-state index in [0.29, 0.717) is 45.1 Å². The molecule has 9 heteroatoms. The third-order valence-corrected chi connectivity index (χ3v) is 9.18. The van der Waals surface area contributed by atoms with Crippen molar-refractivity contribution in [3.8, 4) is 0 Å². The van der Waals surface area contributed by atoms with Crippen LogP contribution in [0.2, 0.25) is 0 Å². The van der Waals surface area contributed by atoms with Crippen LogP contribution in [0.4, 0.5) is 5.95 Å². The molecule has 2 aliphatic rings. The second-order valence-corrected chi connectivity index (χ2v) is 11.1. The molecule has 0 atom stereocenters. The van der Waals surface area contributed by atoms with Gasteiger partial charge in [0.2, 0.25) is 16.0 Å². The van der Waals surface area contributed by atoms with Gasteiger partial charge in [-0.1, -0.05) is 13.3 Å². The Morgan fingerprint density at radius 1 is 1.07 bits per heavy atom. The van der Waals surface area contributed by atoms with Crippen LogP contribution in [-0.2, 0) is 29.4 Å². The van der Waals surface area contributed by atoms with Gasteiger partial charge in [0, 0.05) is 37.6 Å². The van der Waals surface area contributed by atoms with Gasteiger partial charge in [-0.3, -0.25) is 9.36 Å². The molecule has 160 valence electrons. The third-order valence-electron chi connectivity index (χ3n) is 6.04. The number of hydrogen-bond acceptors (Lipinski definition) is 6.